The van der Waals surface area contributed by atoms with Gasteiger partial charge in [0, 0.05) is 0 Å². The van der Waals surface area contributed by atoms with Gasteiger partial charge in [0.25, 0.3) is 0 Å². The Bertz CT molecular complexity index is 925. The zero-order valence-corrected chi connectivity index (χ0v) is 25.8. The van der Waals surface area contributed by atoms with E-state index in [0.717, 1.165) is 31.7 Å². The Labute approximate surface area is 211 Å². The monoisotopic (exact) mass is 602 g/mol. The van der Waals surface area contributed by atoms with Crippen LogP contribution in [0, 0.1) is 0 Å². The van der Waals surface area contributed by atoms with Crippen LogP contribution in [0.1, 0.15) is 80.1 Å². The number of rotatable bonds is 13. The van der Waals surface area contributed by atoms with Crippen LogP contribution in [0.2, 0.25) is 13.3 Å². The number of ether oxygens (including phenoxy) is 1. The van der Waals surface area contributed by atoms with Crippen molar-refractivity contribution in [1.82, 2.24) is 3.89 Å². The first-order chi connectivity index (χ1) is 15.8. The molecule has 0 saturated carbocycles. The number of nitrogens with zero attached hydrogens (tertiary/aromatic N) is 1. The third kappa shape index (κ3) is 7.67. The van der Waals surface area contributed by atoms with E-state index in [2.05, 4.69) is 20.8 Å². The molecule has 1 atom stereocenters. The molecule has 8 heteroatoms. The maximum absolute atomic E-state index is 13.2. The number of hydrogen-bond acceptors (Lipinski definition) is 5. The van der Waals surface area contributed by atoms with Crippen LogP contribution in [0.25, 0.3) is 0 Å². The molecule has 0 aliphatic heterocycles. The summed E-state index contributed by atoms with van der Waals surface area (Å²) in [7, 11) is -4.14. The van der Waals surface area contributed by atoms with Crippen LogP contribution < -0.4 is 7.47 Å². The van der Waals surface area contributed by atoms with E-state index >= 15 is 0 Å². The van der Waals surface area contributed by atoms with E-state index in [1.54, 1.807) is 32.9 Å². The van der Waals surface area contributed by atoms with Crippen LogP contribution in [-0.4, -0.2) is 50.7 Å². The Morgan fingerprint density at radius 2 is 1.41 bits per heavy atom. The van der Waals surface area contributed by atoms with Gasteiger partial charge in [0.05, 0.1) is 0 Å². The van der Waals surface area contributed by atoms with Gasteiger partial charge in [-0.15, -0.1) is 0 Å². The molecule has 0 heterocycles. The number of hydrogen-bond donors (Lipinski definition) is 0. The SMILES string of the molecule is CCC[CH2][Sn]([CH2]CCC)([CH2]CCC)[c]1ccc([N+](C=C=O)(C(=O)OC(C)(C)C)S(C)(=O)=O)cc1. The van der Waals surface area contributed by atoms with Gasteiger partial charge >= 0.3 is 212 Å². The van der Waals surface area contributed by atoms with Crippen molar-refractivity contribution in [2.75, 3.05) is 6.26 Å². The number of amides is 1. The van der Waals surface area contributed by atoms with Crippen molar-refractivity contribution >= 4 is 49.7 Å². The predicted octanol–water partition coefficient (Wildman–Crippen LogP) is 6.29. The molecule has 0 bridgehead atoms. The van der Waals surface area contributed by atoms with Crippen LogP contribution in [0.15, 0.2) is 30.5 Å². The summed E-state index contributed by atoms with van der Waals surface area (Å²) in [5, 5.41) is 0. The van der Waals surface area contributed by atoms with Crippen molar-refractivity contribution in [2.45, 2.75) is 99.0 Å². The first-order valence-electron chi connectivity index (χ1n) is 12.5. The van der Waals surface area contributed by atoms with E-state index in [4.69, 9.17) is 4.74 Å². The number of unbranched alkanes of at least 4 members (excludes halogenated alkanes) is 3. The van der Waals surface area contributed by atoms with Gasteiger partial charge < -0.3 is 0 Å². The second-order valence-corrected chi connectivity index (χ2v) is 25.5. The molecule has 0 N–H and O–H groups in total. The van der Waals surface area contributed by atoms with Gasteiger partial charge in [-0.25, -0.2) is 0 Å². The summed E-state index contributed by atoms with van der Waals surface area (Å²) < 4.78 is 35.2. The Kier molecular flexibility index (Phi) is 12.0. The topological polar surface area (TPSA) is 77.5 Å². The van der Waals surface area contributed by atoms with E-state index in [1.165, 1.54) is 42.1 Å². The summed E-state index contributed by atoms with van der Waals surface area (Å²) in [6.07, 6.45) is 7.74. The predicted molar refractivity (Wildman–Crippen MR) is 144 cm³/mol. The normalized spacial score (nSPS) is 14.2. The maximum atomic E-state index is 13.2. The fourth-order valence-corrected chi connectivity index (χ4v) is 21.4. The van der Waals surface area contributed by atoms with E-state index in [-0.39, 0.29) is 5.69 Å². The Hall–Kier alpha value is -1.15. The Morgan fingerprint density at radius 3 is 1.74 bits per heavy atom. The van der Waals surface area contributed by atoms with Gasteiger partial charge in [-0.3, -0.25) is 0 Å². The standard InChI is InChI=1S/C14H17NO5S.3C4H9.Sn/c1-14(2,3)20-13(17)15(10-11-16,21(4,18)19)12-8-6-5-7-9-12;3*1-3-4-2;/h6-10H,1-4H3;3*1,3-4H2,2H3;/q+1;;;;. The molecule has 1 aromatic rings. The summed E-state index contributed by atoms with van der Waals surface area (Å²) in [6, 6.07) is 7.44. The molecule has 0 aliphatic rings. The fraction of sp³-hybridized carbons (Fsp3) is 0.654. The molecular formula is C26H44NO5SSn+. The first-order valence-corrected chi connectivity index (χ1v) is 21.8. The van der Waals surface area contributed by atoms with Crippen molar-refractivity contribution in [3.63, 3.8) is 0 Å². The minimum absolute atomic E-state index is 0.172. The summed E-state index contributed by atoms with van der Waals surface area (Å²) >= 11 is -2.74. The van der Waals surface area contributed by atoms with Crippen molar-refractivity contribution in [3.05, 3.63) is 30.5 Å². The number of carbonyl (C=O) groups excluding carboxylic acids is 2. The molecule has 1 rings (SSSR count). The summed E-state index contributed by atoms with van der Waals surface area (Å²) in [5.41, 5.74) is -0.751. The molecule has 1 aromatic carbocycles. The summed E-state index contributed by atoms with van der Waals surface area (Å²) in [5.74, 6) is 1.54. The molecule has 0 saturated heterocycles. The number of quaternary nitrogens is 1. The van der Waals surface area contributed by atoms with E-state index in [0.29, 0.717) is 0 Å². The average molecular weight is 601 g/mol. The summed E-state index contributed by atoms with van der Waals surface area (Å²) in [4.78, 5) is 24.6. The quantitative estimate of drug-likeness (QED) is 0.151. The molecule has 34 heavy (non-hydrogen) atoms. The van der Waals surface area contributed by atoms with Crippen LogP contribution in [-0.2, 0) is 19.6 Å². The third-order valence-corrected chi connectivity index (χ3v) is 23.5. The van der Waals surface area contributed by atoms with Crippen LogP contribution in [0.5, 0.6) is 0 Å². The van der Waals surface area contributed by atoms with Crippen LogP contribution in [0.4, 0.5) is 10.5 Å². The first kappa shape index (κ1) is 30.9. The van der Waals surface area contributed by atoms with Gasteiger partial charge in [0.1, 0.15) is 0 Å². The van der Waals surface area contributed by atoms with Crippen LogP contribution >= 0.6 is 0 Å². The Morgan fingerprint density at radius 1 is 0.971 bits per heavy atom. The third-order valence-electron chi connectivity index (χ3n) is 6.31. The number of sulfonamides is 1. The van der Waals surface area contributed by atoms with Gasteiger partial charge in [-0.2, -0.15) is 0 Å². The van der Waals surface area contributed by atoms with Gasteiger partial charge in [-0.05, 0) is 0 Å². The molecule has 0 aliphatic carbocycles. The van der Waals surface area contributed by atoms with Crippen molar-refractivity contribution in [3.8, 4) is 0 Å². The molecule has 0 aromatic heterocycles. The second-order valence-electron chi connectivity index (χ2n) is 10.3. The van der Waals surface area contributed by atoms with E-state index in [1.807, 2.05) is 12.1 Å². The van der Waals surface area contributed by atoms with Crippen molar-refractivity contribution < 1.29 is 22.7 Å². The fourth-order valence-electron chi connectivity index (χ4n) is 4.45. The zero-order chi connectivity index (χ0) is 26.0. The number of benzene rings is 1. The van der Waals surface area contributed by atoms with Crippen molar-refractivity contribution in [1.29, 1.82) is 0 Å². The molecule has 0 fully saturated rings. The molecule has 1 amide bonds. The Balaban J connectivity index is 3.69. The molecule has 192 valence electrons. The average Bonchev–Trinajstić information content (AvgIpc) is 2.75. The van der Waals surface area contributed by atoms with Crippen molar-refractivity contribution in [2.24, 2.45) is 0 Å². The minimum atomic E-state index is -4.14. The van der Waals surface area contributed by atoms with Gasteiger partial charge in [0.2, 0.25) is 0 Å². The van der Waals surface area contributed by atoms with E-state index < -0.39 is 44.0 Å². The molecule has 0 radical (unpaired) electrons. The molecular weight excluding hydrogens is 557 g/mol. The van der Waals surface area contributed by atoms with Gasteiger partial charge in [-0.1, -0.05) is 0 Å². The molecule has 1 unspecified atom stereocenters. The molecule has 0 spiro atoms. The number of carbonyl (C=O) groups is 1. The van der Waals surface area contributed by atoms with Gasteiger partial charge in [0.15, 0.2) is 0 Å². The van der Waals surface area contributed by atoms with E-state index in [9.17, 15) is 18.0 Å². The second kappa shape index (κ2) is 13.2. The summed E-state index contributed by atoms with van der Waals surface area (Å²) in [6.45, 7) is 11.7. The zero-order valence-electron chi connectivity index (χ0n) is 22.1. The molecule has 6 nitrogen and oxygen atoms in total. The van der Waals surface area contributed by atoms with Crippen LogP contribution in [0.3, 0.4) is 0 Å².